The highest BCUT2D eigenvalue weighted by Gasteiger charge is 2.39. The van der Waals surface area contributed by atoms with Gasteiger partial charge in [0.1, 0.15) is 12.1 Å². The molecule has 0 aliphatic carbocycles. The van der Waals surface area contributed by atoms with Crippen LogP contribution in [0, 0.1) is 0 Å². The van der Waals surface area contributed by atoms with Crippen molar-refractivity contribution in [2.75, 3.05) is 0 Å². The van der Waals surface area contributed by atoms with Crippen molar-refractivity contribution in [2.24, 2.45) is 0 Å². The fourth-order valence-electron chi connectivity index (χ4n) is 2.66. The van der Waals surface area contributed by atoms with E-state index >= 15 is 0 Å². The lowest BCUT2D eigenvalue weighted by Gasteiger charge is -2.39. The first-order chi connectivity index (χ1) is 10.1. The number of hydrogen-bond donors (Lipinski definition) is 1. The zero-order valence-electron chi connectivity index (χ0n) is 12.4. The number of carbonyl (C=O) groups is 2. The highest BCUT2D eigenvalue weighted by Crippen LogP contribution is 2.23. The summed E-state index contributed by atoms with van der Waals surface area (Å²) in [6, 6.07) is 7.06. The first-order valence-electron chi connectivity index (χ1n) is 7.42. The van der Waals surface area contributed by atoms with Crippen LogP contribution in [0.1, 0.15) is 38.7 Å². The topological polar surface area (TPSA) is 49.4 Å². The summed E-state index contributed by atoms with van der Waals surface area (Å²) in [5.74, 6) is -0.0124. The van der Waals surface area contributed by atoms with Gasteiger partial charge in [0.15, 0.2) is 0 Å². The normalized spacial score (nSPS) is 22.3. The fourth-order valence-corrected chi connectivity index (χ4v) is 3.07. The van der Waals surface area contributed by atoms with E-state index in [1.54, 1.807) is 4.90 Å². The van der Waals surface area contributed by atoms with Gasteiger partial charge >= 0.3 is 0 Å². The Balaban J connectivity index is 2.27. The molecule has 1 N–H and O–H groups in total. The molecular weight excluding hydrogens is 332 g/mol. The van der Waals surface area contributed by atoms with Gasteiger partial charge in [0.25, 0.3) is 0 Å². The maximum Gasteiger partial charge on any atom is 0.246 e. The number of benzene rings is 1. The smallest absolute Gasteiger partial charge is 0.246 e. The third-order valence-electron chi connectivity index (χ3n) is 3.85. The predicted octanol–water partition coefficient (Wildman–Crippen LogP) is 2.85. The maximum absolute atomic E-state index is 12.6. The SMILES string of the molecule is CCCC1C(=O)NC(CC)C(=O)N1Cc1ccccc1Br. The molecule has 0 saturated carbocycles. The van der Waals surface area contributed by atoms with Crippen LogP contribution in [0.15, 0.2) is 28.7 Å². The molecule has 1 fully saturated rings. The molecule has 0 spiro atoms. The first kappa shape index (κ1) is 16.0. The zero-order chi connectivity index (χ0) is 15.4. The van der Waals surface area contributed by atoms with Crippen molar-refractivity contribution < 1.29 is 9.59 Å². The lowest BCUT2D eigenvalue weighted by molar-refractivity contribution is -0.150. The minimum absolute atomic E-state index is 0.0197. The molecule has 114 valence electrons. The van der Waals surface area contributed by atoms with Gasteiger partial charge < -0.3 is 10.2 Å². The fraction of sp³-hybridized carbons (Fsp3) is 0.500. The Labute approximate surface area is 134 Å². The monoisotopic (exact) mass is 352 g/mol. The van der Waals surface area contributed by atoms with Gasteiger partial charge in [-0.3, -0.25) is 9.59 Å². The van der Waals surface area contributed by atoms with Gasteiger partial charge in [-0.1, -0.05) is 54.4 Å². The minimum atomic E-state index is -0.395. The van der Waals surface area contributed by atoms with Crippen molar-refractivity contribution in [3.8, 4) is 0 Å². The lowest BCUT2D eigenvalue weighted by Crippen LogP contribution is -2.62. The molecule has 2 rings (SSSR count). The van der Waals surface area contributed by atoms with Crippen molar-refractivity contribution in [2.45, 2.75) is 51.7 Å². The van der Waals surface area contributed by atoms with Crippen LogP contribution in [0.2, 0.25) is 0 Å². The van der Waals surface area contributed by atoms with Crippen LogP contribution in [0.3, 0.4) is 0 Å². The molecule has 1 aliphatic heterocycles. The molecule has 1 saturated heterocycles. The third kappa shape index (κ3) is 3.46. The average molecular weight is 353 g/mol. The summed E-state index contributed by atoms with van der Waals surface area (Å²) in [6.45, 7) is 4.41. The Morgan fingerprint density at radius 2 is 1.95 bits per heavy atom. The highest BCUT2D eigenvalue weighted by atomic mass is 79.9. The standard InChI is InChI=1S/C16H21BrN2O2/c1-3-7-14-15(20)18-13(4-2)16(21)19(14)10-11-8-5-6-9-12(11)17/h5-6,8-9,13-14H,3-4,7,10H2,1-2H3,(H,18,20). The first-order valence-corrected chi connectivity index (χ1v) is 8.22. The van der Waals surface area contributed by atoms with Crippen LogP contribution >= 0.6 is 15.9 Å². The highest BCUT2D eigenvalue weighted by molar-refractivity contribution is 9.10. The number of nitrogens with one attached hydrogen (secondary N) is 1. The molecule has 1 aromatic rings. The summed E-state index contributed by atoms with van der Waals surface area (Å²) in [5, 5.41) is 2.84. The Morgan fingerprint density at radius 1 is 1.24 bits per heavy atom. The van der Waals surface area contributed by atoms with Gasteiger partial charge in [0.2, 0.25) is 11.8 Å². The predicted molar refractivity (Wildman–Crippen MR) is 85.6 cm³/mol. The maximum atomic E-state index is 12.6. The summed E-state index contributed by atoms with van der Waals surface area (Å²) < 4.78 is 0.965. The zero-order valence-corrected chi connectivity index (χ0v) is 14.0. The van der Waals surface area contributed by atoms with Gasteiger partial charge in [-0.05, 0) is 24.5 Å². The van der Waals surface area contributed by atoms with Gasteiger partial charge in [-0.25, -0.2) is 0 Å². The Kier molecular flexibility index (Phi) is 5.39. The van der Waals surface area contributed by atoms with E-state index in [1.807, 2.05) is 38.1 Å². The molecule has 0 bridgehead atoms. The van der Waals surface area contributed by atoms with Gasteiger partial charge in [0, 0.05) is 11.0 Å². The van der Waals surface area contributed by atoms with E-state index < -0.39 is 6.04 Å². The lowest BCUT2D eigenvalue weighted by atomic mass is 10.0. The average Bonchev–Trinajstić information content (AvgIpc) is 2.48. The van der Waals surface area contributed by atoms with Crippen LogP contribution < -0.4 is 5.32 Å². The molecular formula is C16H21BrN2O2. The van der Waals surface area contributed by atoms with E-state index in [9.17, 15) is 9.59 Å². The van der Waals surface area contributed by atoms with Crippen LogP contribution in [0.4, 0.5) is 0 Å². The third-order valence-corrected chi connectivity index (χ3v) is 4.62. The number of hydrogen-bond acceptors (Lipinski definition) is 2. The molecule has 21 heavy (non-hydrogen) atoms. The Hall–Kier alpha value is -1.36. The van der Waals surface area contributed by atoms with Crippen LogP contribution in [0.25, 0.3) is 0 Å². The van der Waals surface area contributed by atoms with E-state index in [0.717, 1.165) is 16.5 Å². The van der Waals surface area contributed by atoms with E-state index in [1.165, 1.54) is 0 Å². The number of amides is 2. The molecule has 0 radical (unpaired) electrons. The quantitative estimate of drug-likeness (QED) is 0.885. The number of rotatable bonds is 5. The van der Waals surface area contributed by atoms with Crippen LogP contribution in [0.5, 0.6) is 0 Å². The van der Waals surface area contributed by atoms with E-state index in [4.69, 9.17) is 0 Å². The summed E-state index contributed by atoms with van der Waals surface area (Å²) in [4.78, 5) is 26.6. The van der Waals surface area contributed by atoms with E-state index in [-0.39, 0.29) is 17.9 Å². The number of carbonyl (C=O) groups excluding carboxylic acids is 2. The molecule has 2 atom stereocenters. The van der Waals surface area contributed by atoms with Crippen molar-refractivity contribution in [1.29, 1.82) is 0 Å². The number of piperazine rings is 1. The number of nitrogens with zero attached hydrogens (tertiary/aromatic N) is 1. The number of halogens is 1. The largest absolute Gasteiger partial charge is 0.343 e. The van der Waals surface area contributed by atoms with Gasteiger partial charge in [-0.15, -0.1) is 0 Å². The second-order valence-corrected chi connectivity index (χ2v) is 6.19. The second kappa shape index (κ2) is 7.07. The summed E-state index contributed by atoms with van der Waals surface area (Å²) >= 11 is 3.51. The van der Waals surface area contributed by atoms with E-state index in [0.29, 0.717) is 19.4 Å². The van der Waals surface area contributed by atoms with Crippen molar-refractivity contribution in [3.63, 3.8) is 0 Å². The molecule has 1 aromatic carbocycles. The Bertz CT molecular complexity index is 533. The molecule has 4 nitrogen and oxygen atoms in total. The van der Waals surface area contributed by atoms with Gasteiger partial charge in [0.05, 0.1) is 0 Å². The molecule has 0 aromatic heterocycles. The molecule has 2 unspecified atom stereocenters. The Morgan fingerprint density at radius 3 is 2.57 bits per heavy atom. The minimum Gasteiger partial charge on any atom is -0.343 e. The van der Waals surface area contributed by atoms with Crippen molar-refractivity contribution in [1.82, 2.24) is 10.2 Å². The summed E-state index contributed by atoms with van der Waals surface area (Å²) in [6.07, 6.45) is 2.18. The summed E-state index contributed by atoms with van der Waals surface area (Å²) in [5.41, 5.74) is 1.02. The van der Waals surface area contributed by atoms with Crippen LogP contribution in [-0.4, -0.2) is 28.8 Å². The molecule has 1 aliphatic rings. The van der Waals surface area contributed by atoms with Crippen LogP contribution in [-0.2, 0) is 16.1 Å². The van der Waals surface area contributed by atoms with Gasteiger partial charge in [-0.2, -0.15) is 0 Å². The molecule has 2 amide bonds. The molecule has 1 heterocycles. The second-order valence-electron chi connectivity index (χ2n) is 5.33. The van der Waals surface area contributed by atoms with E-state index in [2.05, 4.69) is 21.2 Å². The molecule has 5 heteroatoms. The van der Waals surface area contributed by atoms with Crippen molar-refractivity contribution >= 4 is 27.7 Å². The van der Waals surface area contributed by atoms with Crippen molar-refractivity contribution in [3.05, 3.63) is 34.3 Å². The summed E-state index contributed by atoms with van der Waals surface area (Å²) in [7, 11) is 0.